The van der Waals surface area contributed by atoms with Crippen LogP contribution < -0.4 is 4.90 Å². The molecule has 0 fully saturated rings. The van der Waals surface area contributed by atoms with E-state index in [1.165, 1.54) is 0 Å². The molecule has 5 aromatic heterocycles. The van der Waals surface area contributed by atoms with Crippen LogP contribution in [0.15, 0.2) is 59.8 Å². The van der Waals surface area contributed by atoms with Gasteiger partial charge in [-0.1, -0.05) is 5.10 Å². The van der Waals surface area contributed by atoms with E-state index in [2.05, 4.69) is 30.2 Å². The molecule has 0 saturated carbocycles. The van der Waals surface area contributed by atoms with Crippen LogP contribution >= 0.6 is 0 Å². The topological polar surface area (TPSA) is 102 Å². The first kappa shape index (κ1) is 16.2. The molecule has 0 atom stereocenters. The number of pyridine rings is 2. The molecule has 0 aromatic carbocycles. The van der Waals surface area contributed by atoms with Gasteiger partial charge in [-0.25, -0.2) is 4.98 Å². The number of nitrogens with one attached hydrogen (secondary N) is 1. The lowest BCUT2D eigenvalue weighted by Crippen LogP contribution is -2.09. The number of nitrogens with zero attached hydrogens (tertiary/aromatic N) is 7. The van der Waals surface area contributed by atoms with Gasteiger partial charge in [0.1, 0.15) is 5.65 Å². The zero-order chi connectivity index (χ0) is 19.1. The third-order valence-electron chi connectivity index (χ3n) is 4.53. The molecule has 28 heavy (non-hydrogen) atoms. The van der Waals surface area contributed by atoms with Crippen molar-refractivity contribution in [1.82, 2.24) is 34.9 Å². The van der Waals surface area contributed by atoms with Crippen LogP contribution in [0.25, 0.3) is 33.6 Å². The van der Waals surface area contributed by atoms with Crippen molar-refractivity contribution in [1.29, 1.82) is 0 Å². The number of H-pyrrole nitrogens is 1. The van der Waals surface area contributed by atoms with Gasteiger partial charge in [0.15, 0.2) is 0 Å². The van der Waals surface area contributed by atoms with Crippen LogP contribution in [0.4, 0.5) is 11.7 Å². The van der Waals surface area contributed by atoms with Crippen molar-refractivity contribution in [2.45, 2.75) is 0 Å². The van der Waals surface area contributed by atoms with Crippen LogP contribution in [0.2, 0.25) is 0 Å². The molecule has 5 heterocycles. The van der Waals surface area contributed by atoms with Gasteiger partial charge in [0, 0.05) is 55.4 Å². The van der Waals surface area contributed by atoms with Gasteiger partial charge in [-0.05, 0) is 18.2 Å². The Hall–Kier alpha value is -4.01. The van der Waals surface area contributed by atoms with Gasteiger partial charge in [-0.3, -0.25) is 14.6 Å². The van der Waals surface area contributed by atoms with Gasteiger partial charge in [0.25, 0.3) is 5.89 Å². The minimum Gasteiger partial charge on any atom is -0.403 e. The lowest BCUT2D eigenvalue weighted by molar-refractivity contribution is 0.572. The first-order valence-electron chi connectivity index (χ1n) is 8.63. The molecule has 9 nitrogen and oxygen atoms in total. The molecule has 0 aliphatic heterocycles. The highest BCUT2D eigenvalue weighted by atomic mass is 16.4. The van der Waals surface area contributed by atoms with Gasteiger partial charge < -0.3 is 9.40 Å². The summed E-state index contributed by atoms with van der Waals surface area (Å²) in [5, 5.41) is 13.5. The van der Waals surface area contributed by atoms with Crippen molar-refractivity contribution in [3.05, 3.63) is 55.4 Å². The minimum atomic E-state index is 0.383. The maximum Gasteiger partial charge on any atom is 0.322 e. The van der Waals surface area contributed by atoms with E-state index in [9.17, 15) is 0 Å². The fraction of sp³-hybridized carbons (Fsp3) is 0.105. The highest BCUT2D eigenvalue weighted by Crippen LogP contribution is 2.32. The molecule has 1 N–H and O–H groups in total. The third kappa shape index (κ3) is 2.69. The van der Waals surface area contributed by atoms with Gasteiger partial charge >= 0.3 is 6.01 Å². The fourth-order valence-corrected chi connectivity index (χ4v) is 3.03. The van der Waals surface area contributed by atoms with Crippen molar-refractivity contribution in [3.8, 4) is 22.6 Å². The Morgan fingerprint density at radius 1 is 1.14 bits per heavy atom. The number of anilines is 2. The highest BCUT2D eigenvalue weighted by molar-refractivity contribution is 5.93. The Labute approximate surface area is 159 Å². The molecular formula is C19H16N8O. The second-order valence-corrected chi connectivity index (χ2v) is 6.39. The van der Waals surface area contributed by atoms with Crippen LogP contribution in [-0.2, 0) is 7.05 Å². The second kappa shape index (κ2) is 6.31. The standard InChI is InChI=1S/C19H16N8O/c1-26-11-13(8-23-26)12-6-15-16(10-22-17(15)21-7-12)18-24-25-19(28-18)27(2)14-4-3-5-20-9-14/h3-11H,1-2H3,(H,21,22). The largest absolute Gasteiger partial charge is 0.403 e. The predicted molar refractivity (Wildman–Crippen MR) is 104 cm³/mol. The van der Waals surface area contributed by atoms with Crippen LogP contribution in [-0.4, -0.2) is 42.0 Å². The fourth-order valence-electron chi connectivity index (χ4n) is 3.03. The molecule has 0 unspecified atom stereocenters. The molecule has 0 amide bonds. The molecule has 0 radical (unpaired) electrons. The highest BCUT2D eigenvalue weighted by Gasteiger charge is 2.17. The Morgan fingerprint density at radius 3 is 2.86 bits per heavy atom. The molecule has 0 bridgehead atoms. The number of aromatic nitrogens is 7. The zero-order valence-corrected chi connectivity index (χ0v) is 15.2. The van der Waals surface area contributed by atoms with Crippen LogP contribution in [0, 0.1) is 0 Å². The molecule has 0 aliphatic carbocycles. The molecule has 5 rings (SSSR count). The average molecular weight is 372 g/mol. The Bertz CT molecular complexity index is 1250. The van der Waals surface area contributed by atoms with E-state index in [4.69, 9.17) is 4.42 Å². The van der Waals surface area contributed by atoms with Gasteiger partial charge in [-0.15, -0.1) is 5.10 Å². The maximum atomic E-state index is 5.91. The number of rotatable bonds is 4. The van der Waals surface area contributed by atoms with Crippen molar-refractivity contribution in [2.75, 3.05) is 11.9 Å². The lowest BCUT2D eigenvalue weighted by Gasteiger charge is -2.12. The van der Waals surface area contributed by atoms with E-state index in [1.807, 2.05) is 57.1 Å². The van der Waals surface area contributed by atoms with Crippen molar-refractivity contribution in [3.63, 3.8) is 0 Å². The monoisotopic (exact) mass is 372 g/mol. The Balaban J connectivity index is 1.54. The Morgan fingerprint density at radius 2 is 2.07 bits per heavy atom. The number of aromatic amines is 1. The summed E-state index contributed by atoms with van der Waals surface area (Å²) >= 11 is 0. The number of aryl methyl sites for hydroxylation is 1. The zero-order valence-electron chi connectivity index (χ0n) is 15.2. The third-order valence-corrected chi connectivity index (χ3v) is 4.53. The van der Waals surface area contributed by atoms with Crippen molar-refractivity contribution < 1.29 is 4.42 Å². The second-order valence-electron chi connectivity index (χ2n) is 6.39. The van der Waals surface area contributed by atoms with E-state index in [-0.39, 0.29) is 0 Å². The molecular weight excluding hydrogens is 356 g/mol. The SMILES string of the molecule is CN(c1cccnc1)c1nnc(-c2c[nH]c3ncc(-c4cnn(C)c4)cc23)o1. The van der Waals surface area contributed by atoms with E-state index in [0.29, 0.717) is 11.9 Å². The normalized spacial score (nSPS) is 11.2. The molecule has 138 valence electrons. The smallest absolute Gasteiger partial charge is 0.322 e. The van der Waals surface area contributed by atoms with Crippen molar-refractivity contribution in [2.24, 2.45) is 7.05 Å². The molecule has 0 saturated heterocycles. The van der Waals surface area contributed by atoms with E-state index >= 15 is 0 Å². The molecule has 0 aliphatic rings. The molecule has 9 heteroatoms. The first-order chi connectivity index (χ1) is 13.7. The summed E-state index contributed by atoms with van der Waals surface area (Å²) in [4.78, 5) is 13.6. The van der Waals surface area contributed by atoms with E-state index in [1.54, 1.807) is 22.0 Å². The van der Waals surface area contributed by atoms with E-state index < -0.39 is 0 Å². The van der Waals surface area contributed by atoms with E-state index in [0.717, 1.165) is 33.4 Å². The van der Waals surface area contributed by atoms with Crippen molar-refractivity contribution >= 4 is 22.7 Å². The van der Waals surface area contributed by atoms with Crippen LogP contribution in [0.1, 0.15) is 0 Å². The summed E-state index contributed by atoms with van der Waals surface area (Å²) in [6, 6.07) is 6.20. The summed E-state index contributed by atoms with van der Waals surface area (Å²) in [6.07, 6.45) is 10.8. The number of fused-ring (bicyclic) bond motifs is 1. The van der Waals surface area contributed by atoms with Crippen LogP contribution in [0.3, 0.4) is 0 Å². The summed E-state index contributed by atoms with van der Waals surface area (Å²) < 4.78 is 7.67. The summed E-state index contributed by atoms with van der Waals surface area (Å²) in [5.41, 5.74) is 4.37. The first-order valence-corrected chi connectivity index (χ1v) is 8.63. The molecule has 5 aromatic rings. The van der Waals surface area contributed by atoms with Gasteiger partial charge in [0.2, 0.25) is 0 Å². The average Bonchev–Trinajstić information content (AvgIpc) is 3.46. The lowest BCUT2D eigenvalue weighted by atomic mass is 10.1. The number of hydrogen-bond acceptors (Lipinski definition) is 7. The predicted octanol–water partition coefficient (Wildman–Crippen LogP) is 3.18. The quantitative estimate of drug-likeness (QED) is 0.517. The van der Waals surface area contributed by atoms with Crippen LogP contribution in [0.5, 0.6) is 0 Å². The number of hydrogen-bond donors (Lipinski definition) is 1. The van der Waals surface area contributed by atoms with Gasteiger partial charge in [-0.2, -0.15) is 5.10 Å². The van der Waals surface area contributed by atoms with Gasteiger partial charge in [0.05, 0.1) is 23.6 Å². The summed E-state index contributed by atoms with van der Waals surface area (Å²) in [5.74, 6) is 0.419. The minimum absolute atomic E-state index is 0.383. The Kier molecular flexibility index (Phi) is 3.64. The molecule has 0 spiro atoms. The summed E-state index contributed by atoms with van der Waals surface area (Å²) in [7, 11) is 3.74. The summed E-state index contributed by atoms with van der Waals surface area (Å²) in [6.45, 7) is 0. The maximum absolute atomic E-state index is 5.91.